The Balaban J connectivity index is 2.22. The number of ether oxygens (including phenoxy) is 1. The number of rotatable bonds is 8. The molecule has 2 rings (SSSR count). The first kappa shape index (κ1) is 18.8. The second kappa shape index (κ2) is 8.53. The van der Waals surface area contributed by atoms with E-state index in [1.165, 1.54) is 0 Å². The van der Waals surface area contributed by atoms with E-state index in [1.54, 1.807) is 24.3 Å². The van der Waals surface area contributed by atoms with Crippen LogP contribution >= 0.6 is 0 Å². The van der Waals surface area contributed by atoms with Crippen molar-refractivity contribution in [2.45, 2.75) is 26.9 Å². The topological polar surface area (TPSA) is 81.6 Å². The number of benzene rings is 2. The van der Waals surface area contributed by atoms with Crippen LogP contribution in [0.25, 0.3) is 0 Å². The van der Waals surface area contributed by atoms with Crippen molar-refractivity contribution in [3.63, 3.8) is 0 Å². The lowest BCUT2D eigenvalue weighted by Crippen LogP contribution is -2.33. The fourth-order valence-corrected chi connectivity index (χ4v) is 2.73. The van der Waals surface area contributed by atoms with E-state index < -0.39 is 0 Å². The molecule has 4 N–H and O–H groups in total. The molecule has 0 saturated carbocycles. The number of para-hydroxylation sites is 1. The molecule has 5 heteroatoms. The van der Waals surface area contributed by atoms with Crippen LogP contribution in [0.3, 0.4) is 0 Å². The Bertz CT molecular complexity index is 727. The minimum Gasteiger partial charge on any atom is -0.489 e. The Kier molecular flexibility index (Phi) is 6.42. The van der Waals surface area contributed by atoms with E-state index in [4.69, 9.17) is 16.2 Å². The summed E-state index contributed by atoms with van der Waals surface area (Å²) in [5, 5.41) is 0. The van der Waals surface area contributed by atoms with Gasteiger partial charge in [-0.1, -0.05) is 26.0 Å². The monoisotopic (exact) mass is 341 g/mol. The van der Waals surface area contributed by atoms with Crippen molar-refractivity contribution < 1.29 is 9.53 Å². The van der Waals surface area contributed by atoms with Crippen molar-refractivity contribution in [1.29, 1.82) is 0 Å². The number of anilines is 2. The third kappa shape index (κ3) is 4.73. The zero-order valence-corrected chi connectivity index (χ0v) is 15.2. The van der Waals surface area contributed by atoms with Gasteiger partial charge in [-0.25, -0.2) is 0 Å². The van der Waals surface area contributed by atoms with Gasteiger partial charge in [0, 0.05) is 12.1 Å². The smallest absolute Gasteiger partial charge is 0.196 e. The van der Waals surface area contributed by atoms with Crippen LogP contribution in [0, 0.1) is 0 Å². The van der Waals surface area contributed by atoms with Gasteiger partial charge in [0.1, 0.15) is 11.9 Å². The van der Waals surface area contributed by atoms with Crippen molar-refractivity contribution in [1.82, 2.24) is 4.90 Å². The molecule has 0 spiro atoms. The fourth-order valence-electron chi connectivity index (χ4n) is 2.73. The molecule has 0 bridgehead atoms. The molecule has 0 aliphatic carbocycles. The van der Waals surface area contributed by atoms with Gasteiger partial charge in [0.05, 0.1) is 16.9 Å². The molecule has 25 heavy (non-hydrogen) atoms. The Morgan fingerprint density at radius 3 is 2.40 bits per heavy atom. The summed E-state index contributed by atoms with van der Waals surface area (Å²) in [6.45, 7) is 9.01. The highest BCUT2D eigenvalue weighted by atomic mass is 16.5. The molecule has 0 saturated heterocycles. The summed E-state index contributed by atoms with van der Waals surface area (Å²) >= 11 is 0. The first-order valence-corrected chi connectivity index (χ1v) is 8.64. The van der Waals surface area contributed by atoms with Gasteiger partial charge in [-0.3, -0.25) is 4.79 Å². The van der Waals surface area contributed by atoms with E-state index in [1.807, 2.05) is 25.1 Å². The van der Waals surface area contributed by atoms with Crippen LogP contribution in [0.15, 0.2) is 42.5 Å². The van der Waals surface area contributed by atoms with E-state index >= 15 is 0 Å². The maximum absolute atomic E-state index is 12.9. The number of carbonyl (C=O) groups excluding carboxylic acids is 1. The standard InChI is InChI=1S/C20H27N3O2/c1-4-23(5-2)13-14(3)25-19-9-7-6-8-16(19)20(24)15-10-11-17(21)18(22)12-15/h6-12,14H,4-5,13,21-22H2,1-3H3. The van der Waals surface area contributed by atoms with Crippen molar-refractivity contribution in [3.05, 3.63) is 53.6 Å². The second-order valence-corrected chi connectivity index (χ2v) is 6.08. The molecule has 0 aliphatic rings. The minimum absolute atomic E-state index is 0.0228. The third-order valence-corrected chi connectivity index (χ3v) is 4.22. The predicted octanol–water partition coefficient (Wildman–Crippen LogP) is 3.19. The van der Waals surface area contributed by atoms with Crippen LogP contribution in [-0.4, -0.2) is 36.4 Å². The van der Waals surface area contributed by atoms with Gasteiger partial charge in [-0.05, 0) is 50.3 Å². The van der Waals surface area contributed by atoms with Gasteiger partial charge in [-0.2, -0.15) is 0 Å². The van der Waals surface area contributed by atoms with Crippen molar-refractivity contribution in [2.24, 2.45) is 0 Å². The second-order valence-electron chi connectivity index (χ2n) is 6.08. The number of ketones is 1. The normalized spacial score (nSPS) is 12.2. The van der Waals surface area contributed by atoms with Crippen LogP contribution in [0.1, 0.15) is 36.7 Å². The molecular formula is C20H27N3O2. The van der Waals surface area contributed by atoms with Crippen molar-refractivity contribution in [3.8, 4) is 5.75 Å². The Hall–Kier alpha value is -2.53. The lowest BCUT2D eigenvalue weighted by Gasteiger charge is -2.24. The highest BCUT2D eigenvalue weighted by molar-refractivity contribution is 6.11. The molecule has 0 amide bonds. The molecule has 2 aromatic carbocycles. The maximum Gasteiger partial charge on any atom is 0.196 e. The highest BCUT2D eigenvalue weighted by Gasteiger charge is 2.17. The van der Waals surface area contributed by atoms with Gasteiger partial charge in [-0.15, -0.1) is 0 Å². The number of hydrogen-bond acceptors (Lipinski definition) is 5. The van der Waals surface area contributed by atoms with E-state index in [0.29, 0.717) is 28.3 Å². The van der Waals surface area contributed by atoms with Crippen LogP contribution < -0.4 is 16.2 Å². The molecular weight excluding hydrogens is 314 g/mol. The van der Waals surface area contributed by atoms with Gasteiger partial charge in [0.15, 0.2) is 5.78 Å². The summed E-state index contributed by atoms with van der Waals surface area (Å²) in [4.78, 5) is 15.1. The Morgan fingerprint density at radius 2 is 1.76 bits per heavy atom. The van der Waals surface area contributed by atoms with E-state index in [-0.39, 0.29) is 11.9 Å². The lowest BCUT2D eigenvalue weighted by atomic mass is 10.0. The molecule has 0 fully saturated rings. The molecule has 5 nitrogen and oxygen atoms in total. The number of hydrogen-bond donors (Lipinski definition) is 2. The van der Waals surface area contributed by atoms with Crippen LogP contribution in [0.5, 0.6) is 5.75 Å². The molecule has 1 unspecified atom stereocenters. The summed E-state index contributed by atoms with van der Waals surface area (Å²) in [7, 11) is 0. The molecule has 2 aromatic rings. The molecule has 0 aromatic heterocycles. The zero-order chi connectivity index (χ0) is 18.4. The van der Waals surface area contributed by atoms with E-state index in [2.05, 4.69) is 18.7 Å². The zero-order valence-electron chi connectivity index (χ0n) is 15.2. The first-order chi connectivity index (χ1) is 12.0. The van der Waals surface area contributed by atoms with Gasteiger partial charge >= 0.3 is 0 Å². The number of carbonyl (C=O) groups is 1. The third-order valence-electron chi connectivity index (χ3n) is 4.22. The number of nitrogen functional groups attached to an aromatic ring is 2. The van der Waals surface area contributed by atoms with Crippen LogP contribution in [0.2, 0.25) is 0 Å². The van der Waals surface area contributed by atoms with Gasteiger partial charge in [0.2, 0.25) is 0 Å². The SMILES string of the molecule is CCN(CC)CC(C)Oc1ccccc1C(=O)c1ccc(N)c(N)c1. The molecule has 0 aliphatic heterocycles. The summed E-state index contributed by atoms with van der Waals surface area (Å²) in [6.07, 6.45) is -0.0228. The summed E-state index contributed by atoms with van der Waals surface area (Å²) in [5.41, 5.74) is 13.5. The number of nitrogens with two attached hydrogens (primary N) is 2. The van der Waals surface area contributed by atoms with Crippen LogP contribution in [0.4, 0.5) is 11.4 Å². The Morgan fingerprint density at radius 1 is 1.08 bits per heavy atom. The minimum atomic E-state index is -0.127. The average molecular weight is 341 g/mol. The number of nitrogens with zero attached hydrogens (tertiary/aromatic N) is 1. The van der Waals surface area contributed by atoms with Gasteiger partial charge in [0.25, 0.3) is 0 Å². The quantitative estimate of drug-likeness (QED) is 0.569. The highest BCUT2D eigenvalue weighted by Crippen LogP contribution is 2.25. The summed E-state index contributed by atoms with van der Waals surface area (Å²) in [6, 6.07) is 12.2. The lowest BCUT2D eigenvalue weighted by molar-refractivity contribution is 0.102. The van der Waals surface area contributed by atoms with E-state index in [9.17, 15) is 4.79 Å². The fraction of sp³-hybridized carbons (Fsp3) is 0.350. The average Bonchev–Trinajstić information content (AvgIpc) is 2.62. The largest absolute Gasteiger partial charge is 0.489 e. The molecule has 1 atom stereocenters. The first-order valence-electron chi connectivity index (χ1n) is 8.64. The predicted molar refractivity (Wildman–Crippen MR) is 103 cm³/mol. The van der Waals surface area contributed by atoms with E-state index in [0.717, 1.165) is 19.6 Å². The summed E-state index contributed by atoms with van der Waals surface area (Å²) < 4.78 is 6.06. The summed E-state index contributed by atoms with van der Waals surface area (Å²) in [5.74, 6) is 0.458. The van der Waals surface area contributed by atoms with Crippen LogP contribution in [-0.2, 0) is 0 Å². The molecule has 0 heterocycles. The van der Waals surface area contributed by atoms with Crippen molar-refractivity contribution >= 4 is 17.2 Å². The van der Waals surface area contributed by atoms with Crippen molar-refractivity contribution in [2.75, 3.05) is 31.1 Å². The van der Waals surface area contributed by atoms with Gasteiger partial charge < -0.3 is 21.1 Å². The molecule has 134 valence electrons. The Labute approximate surface area is 149 Å². The number of likely N-dealkylation sites (N-methyl/N-ethyl adjacent to an activating group) is 1. The molecule has 0 radical (unpaired) electrons. The maximum atomic E-state index is 12.9.